The fourth-order valence-corrected chi connectivity index (χ4v) is 0.864. The molecule has 0 aliphatic rings. The summed E-state index contributed by atoms with van der Waals surface area (Å²) in [4.78, 5) is 0. The molecule has 0 bridgehead atoms. The minimum atomic E-state index is -3.79. The molecule has 0 radical (unpaired) electrons. The molecule has 1 aromatic rings. The molecule has 0 aromatic carbocycles. The van der Waals surface area contributed by atoms with E-state index < -0.39 is 9.24 Å². The molecule has 0 unspecified atom stereocenters. The maximum Gasteiger partial charge on any atom is 0.356 e. The summed E-state index contributed by atoms with van der Waals surface area (Å²) in [5.74, 6) is 0. The number of hydrogen-bond acceptors (Lipinski definition) is 4. The maximum absolute atomic E-state index is 10.3. The van der Waals surface area contributed by atoms with Crippen molar-refractivity contribution in [3.05, 3.63) is 12.4 Å². The highest BCUT2D eigenvalue weighted by molar-refractivity contribution is 8.12. The van der Waals surface area contributed by atoms with Crippen molar-refractivity contribution in [3.63, 3.8) is 0 Å². The van der Waals surface area contributed by atoms with Crippen molar-refractivity contribution in [2.24, 2.45) is 0 Å². The lowest BCUT2D eigenvalue weighted by Crippen LogP contribution is -2.07. The molecule has 0 amide bonds. The number of rotatable bonds is 1. The van der Waals surface area contributed by atoms with Crippen molar-refractivity contribution < 1.29 is 8.42 Å². The van der Waals surface area contributed by atoms with Gasteiger partial charge in [-0.15, -0.1) is 10.2 Å². The molecule has 1 rings (SSSR count). The van der Waals surface area contributed by atoms with Gasteiger partial charge in [0.15, 0.2) is 0 Å². The lowest BCUT2D eigenvalue weighted by atomic mass is 11.0. The number of hydrogen-bond donors (Lipinski definition) is 0. The first-order valence-corrected chi connectivity index (χ1v) is 4.19. The van der Waals surface area contributed by atoms with E-state index in [-0.39, 0.29) is 0 Å². The second kappa shape index (κ2) is 1.96. The maximum atomic E-state index is 10.3. The SMILES string of the molecule is O=S(=O)(Cl)n1nccn1. The monoisotopic (exact) mass is 167 g/mol. The van der Waals surface area contributed by atoms with Crippen molar-refractivity contribution in [1.82, 2.24) is 14.4 Å². The highest BCUT2D eigenvalue weighted by Gasteiger charge is 2.07. The molecule has 0 aliphatic heterocycles. The Morgan fingerprint density at radius 2 is 1.78 bits per heavy atom. The quantitative estimate of drug-likeness (QED) is 0.535. The molecule has 0 fully saturated rings. The molecule has 0 atom stereocenters. The van der Waals surface area contributed by atoms with Crippen LogP contribution in [0.4, 0.5) is 0 Å². The van der Waals surface area contributed by atoms with Gasteiger partial charge < -0.3 is 0 Å². The number of aromatic nitrogens is 3. The van der Waals surface area contributed by atoms with Crippen LogP contribution in [0.15, 0.2) is 12.4 Å². The van der Waals surface area contributed by atoms with Crippen LogP contribution < -0.4 is 0 Å². The highest BCUT2D eigenvalue weighted by Crippen LogP contribution is 1.95. The topological polar surface area (TPSA) is 64.8 Å². The van der Waals surface area contributed by atoms with Crippen molar-refractivity contribution in [2.75, 3.05) is 0 Å². The van der Waals surface area contributed by atoms with Gasteiger partial charge in [0, 0.05) is 10.7 Å². The average Bonchev–Trinajstić information content (AvgIpc) is 2.08. The summed E-state index contributed by atoms with van der Waals surface area (Å²) >= 11 is 0. The molecule has 0 N–H and O–H groups in total. The van der Waals surface area contributed by atoms with Gasteiger partial charge in [-0.3, -0.25) is 0 Å². The Balaban J connectivity index is 3.20. The minimum absolute atomic E-state index is 0.425. The van der Waals surface area contributed by atoms with Gasteiger partial charge in [-0.1, -0.05) is 4.20 Å². The summed E-state index contributed by atoms with van der Waals surface area (Å²) in [6.45, 7) is 0. The Morgan fingerprint density at radius 1 is 1.33 bits per heavy atom. The van der Waals surface area contributed by atoms with Crippen LogP contribution in [0.5, 0.6) is 0 Å². The normalized spacial score (nSPS) is 11.7. The van der Waals surface area contributed by atoms with Crippen LogP contribution in [-0.2, 0) is 9.24 Å². The molecule has 0 saturated heterocycles. The Kier molecular flexibility index (Phi) is 1.42. The molecule has 5 nitrogen and oxygen atoms in total. The third-order valence-electron chi connectivity index (χ3n) is 0.593. The number of halogens is 1. The lowest BCUT2D eigenvalue weighted by molar-refractivity contribution is 0.584. The van der Waals surface area contributed by atoms with Gasteiger partial charge in [-0.25, -0.2) is 0 Å². The zero-order chi connectivity index (χ0) is 6.91. The van der Waals surface area contributed by atoms with Gasteiger partial charge in [-0.05, 0) is 0 Å². The van der Waals surface area contributed by atoms with Gasteiger partial charge in [0.2, 0.25) is 0 Å². The summed E-state index contributed by atoms with van der Waals surface area (Å²) in [5, 5.41) is 6.55. The largest absolute Gasteiger partial charge is 0.356 e. The van der Waals surface area contributed by atoms with E-state index in [2.05, 4.69) is 10.2 Å². The Labute approximate surface area is 55.8 Å². The first-order valence-electron chi connectivity index (χ1n) is 1.92. The predicted octanol–water partition coefficient (Wildman–Crippen LogP) is -0.390. The zero-order valence-corrected chi connectivity index (χ0v) is 5.67. The van der Waals surface area contributed by atoms with Crippen molar-refractivity contribution in [2.45, 2.75) is 0 Å². The van der Waals surface area contributed by atoms with Crippen LogP contribution in [0.3, 0.4) is 0 Å². The Bertz CT molecular complexity index is 277. The first kappa shape index (κ1) is 6.50. The van der Waals surface area contributed by atoms with E-state index in [9.17, 15) is 8.42 Å². The van der Waals surface area contributed by atoms with Crippen molar-refractivity contribution in [1.29, 1.82) is 0 Å². The first-order chi connectivity index (χ1) is 4.11. The van der Waals surface area contributed by atoms with Crippen LogP contribution in [0.25, 0.3) is 0 Å². The Hall–Kier alpha value is -0.620. The molecule has 1 aromatic heterocycles. The van der Waals surface area contributed by atoms with E-state index in [0.29, 0.717) is 4.20 Å². The lowest BCUT2D eigenvalue weighted by Gasteiger charge is -1.86. The molecule has 0 spiro atoms. The summed E-state index contributed by atoms with van der Waals surface area (Å²) in [6, 6.07) is 0. The third kappa shape index (κ3) is 1.39. The van der Waals surface area contributed by atoms with Crippen molar-refractivity contribution in [3.8, 4) is 0 Å². The van der Waals surface area contributed by atoms with Crippen LogP contribution >= 0.6 is 10.7 Å². The van der Waals surface area contributed by atoms with Crippen LogP contribution in [0.2, 0.25) is 0 Å². The highest BCUT2D eigenvalue weighted by atomic mass is 35.7. The van der Waals surface area contributed by atoms with Gasteiger partial charge >= 0.3 is 9.24 Å². The summed E-state index contributed by atoms with van der Waals surface area (Å²) in [7, 11) is 1.02. The van der Waals surface area contributed by atoms with E-state index in [1.165, 1.54) is 12.4 Å². The van der Waals surface area contributed by atoms with Crippen LogP contribution in [-0.4, -0.2) is 22.8 Å². The molecule has 7 heteroatoms. The summed E-state index contributed by atoms with van der Waals surface area (Å²) in [6.07, 6.45) is 2.44. The van der Waals surface area contributed by atoms with E-state index in [1.807, 2.05) is 0 Å². The smallest absolute Gasteiger partial charge is 0.186 e. The standard InChI is InChI=1S/C2H2ClN3O2S/c3-9(7,8)6-4-1-2-5-6/h1-2H. The molecular weight excluding hydrogens is 166 g/mol. The van der Waals surface area contributed by atoms with Gasteiger partial charge in [0.25, 0.3) is 0 Å². The average molecular weight is 168 g/mol. The van der Waals surface area contributed by atoms with E-state index in [0.717, 1.165) is 0 Å². The summed E-state index contributed by atoms with van der Waals surface area (Å²) in [5.41, 5.74) is 0. The molecule has 9 heavy (non-hydrogen) atoms. The molecule has 0 aliphatic carbocycles. The molecule has 1 heterocycles. The van der Waals surface area contributed by atoms with E-state index >= 15 is 0 Å². The molecular formula is C2H2ClN3O2S. The number of nitrogens with zero attached hydrogens (tertiary/aromatic N) is 3. The fourth-order valence-electron chi connectivity index (χ4n) is 0.316. The minimum Gasteiger partial charge on any atom is -0.186 e. The van der Waals surface area contributed by atoms with Gasteiger partial charge in [-0.2, -0.15) is 8.42 Å². The Morgan fingerprint density at radius 3 is 2.00 bits per heavy atom. The predicted molar refractivity (Wildman–Crippen MR) is 30.2 cm³/mol. The van der Waals surface area contributed by atoms with E-state index in [1.54, 1.807) is 0 Å². The van der Waals surface area contributed by atoms with Gasteiger partial charge in [0.05, 0.1) is 12.4 Å². The van der Waals surface area contributed by atoms with Gasteiger partial charge in [0.1, 0.15) is 0 Å². The molecule has 0 saturated carbocycles. The summed E-state index contributed by atoms with van der Waals surface area (Å²) < 4.78 is 21.0. The molecule has 50 valence electrons. The third-order valence-corrected chi connectivity index (χ3v) is 1.54. The van der Waals surface area contributed by atoms with Crippen molar-refractivity contribution >= 4 is 19.9 Å². The van der Waals surface area contributed by atoms with E-state index in [4.69, 9.17) is 10.7 Å². The second-order valence-corrected chi connectivity index (χ2v) is 3.51. The van der Waals surface area contributed by atoms with Crippen LogP contribution in [0.1, 0.15) is 0 Å². The fraction of sp³-hybridized carbons (Fsp3) is 0. The van der Waals surface area contributed by atoms with Crippen LogP contribution in [0, 0.1) is 0 Å². The zero-order valence-electron chi connectivity index (χ0n) is 4.10. The second-order valence-electron chi connectivity index (χ2n) is 1.19.